The number of amides is 1. The second kappa shape index (κ2) is 46.5. The number of aliphatic hydroxyl groups excluding tert-OH is 1. The summed E-state index contributed by atoms with van der Waals surface area (Å²) in [6.07, 6.45) is 50.6. The molecule has 0 radical (unpaired) electrons. The number of allylic oxidation sites excluding steroid dienone is 4. The number of carboxylic acid groups (broad SMARTS) is 1. The van der Waals surface area contributed by atoms with Crippen LogP contribution in [0.2, 0.25) is 0 Å². The zero-order valence-electron chi connectivity index (χ0n) is 40.4. The molecule has 0 heterocycles. The van der Waals surface area contributed by atoms with Crippen molar-refractivity contribution in [3.8, 4) is 0 Å². The van der Waals surface area contributed by atoms with Crippen molar-refractivity contribution in [3.63, 3.8) is 0 Å². The summed E-state index contributed by atoms with van der Waals surface area (Å²) >= 11 is 0. The normalized spacial score (nSPS) is 13.7. The molecule has 63 heavy (non-hydrogen) atoms. The molecule has 0 bridgehead atoms. The lowest BCUT2D eigenvalue weighted by Crippen LogP contribution is -2.43. The molecule has 1 amide bonds. The van der Waals surface area contributed by atoms with Crippen molar-refractivity contribution >= 4 is 25.7 Å². The predicted molar refractivity (Wildman–Crippen MR) is 259 cm³/mol. The highest BCUT2D eigenvalue weighted by atomic mass is 31.2. The molecule has 0 aliphatic heterocycles. The van der Waals surface area contributed by atoms with Gasteiger partial charge in [-0.05, 0) is 64.2 Å². The van der Waals surface area contributed by atoms with Gasteiger partial charge in [-0.3, -0.25) is 18.6 Å². The number of phosphoric ester groups is 1. The predicted octanol–water partition coefficient (Wildman–Crippen LogP) is 14.2. The fourth-order valence-corrected chi connectivity index (χ4v) is 8.20. The maximum atomic E-state index is 12.4. The lowest BCUT2D eigenvalue weighted by atomic mass is 10.0. The molecule has 3 atom stereocenters. The summed E-state index contributed by atoms with van der Waals surface area (Å²) in [5.41, 5.74) is 0. The summed E-state index contributed by atoms with van der Waals surface area (Å²) in [4.78, 5) is 46.1. The first-order valence-corrected chi connectivity index (χ1v) is 27.4. The van der Waals surface area contributed by atoms with Crippen molar-refractivity contribution in [2.45, 2.75) is 264 Å². The third kappa shape index (κ3) is 46.3. The van der Waals surface area contributed by atoms with Gasteiger partial charge < -0.3 is 25.2 Å². The molecule has 0 saturated heterocycles. The minimum absolute atomic E-state index is 0.148. The highest BCUT2D eigenvalue weighted by molar-refractivity contribution is 7.47. The number of aliphatic carboxylic acids is 1. The molecule has 0 aromatic rings. The van der Waals surface area contributed by atoms with Crippen molar-refractivity contribution in [2.24, 2.45) is 0 Å². The Kier molecular flexibility index (Phi) is 45.0. The smallest absolute Gasteiger partial charge is 0.472 e. The third-order valence-corrected chi connectivity index (χ3v) is 12.4. The number of esters is 1. The van der Waals surface area contributed by atoms with E-state index in [4.69, 9.17) is 13.8 Å². The molecule has 0 spiro atoms. The number of nitrogens with one attached hydrogen (secondary N) is 1. The van der Waals surface area contributed by atoms with Crippen molar-refractivity contribution in [2.75, 3.05) is 19.8 Å². The van der Waals surface area contributed by atoms with Crippen LogP contribution in [0.1, 0.15) is 251 Å². The first kappa shape index (κ1) is 61.0. The molecule has 11 nitrogen and oxygen atoms in total. The molecular weight excluding hydrogens is 818 g/mol. The van der Waals surface area contributed by atoms with Gasteiger partial charge in [-0.2, -0.15) is 0 Å². The molecular formula is C51H96NO10P. The molecule has 0 saturated carbocycles. The zero-order valence-corrected chi connectivity index (χ0v) is 41.3. The number of carbonyl (C=O) groups is 3. The van der Waals surface area contributed by atoms with Crippen LogP contribution >= 0.6 is 7.82 Å². The molecule has 3 unspecified atom stereocenters. The van der Waals surface area contributed by atoms with Crippen molar-refractivity contribution < 1.29 is 47.8 Å². The zero-order chi connectivity index (χ0) is 46.3. The first-order chi connectivity index (χ1) is 30.6. The average Bonchev–Trinajstić information content (AvgIpc) is 3.26. The van der Waals surface area contributed by atoms with E-state index >= 15 is 0 Å². The van der Waals surface area contributed by atoms with Crippen LogP contribution in [0.25, 0.3) is 0 Å². The minimum Gasteiger partial charge on any atom is -0.480 e. The van der Waals surface area contributed by atoms with Gasteiger partial charge in [0.15, 0.2) is 6.04 Å². The first-order valence-electron chi connectivity index (χ1n) is 25.9. The van der Waals surface area contributed by atoms with E-state index in [1.807, 2.05) is 0 Å². The molecule has 0 fully saturated rings. The van der Waals surface area contributed by atoms with E-state index in [2.05, 4.69) is 43.5 Å². The van der Waals surface area contributed by atoms with Crippen LogP contribution in [0.5, 0.6) is 0 Å². The Morgan fingerprint density at radius 2 is 0.825 bits per heavy atom. The van der Waals surface area contributed by atoms with Gasteiger partial charge in [-0.25, -0.2) is 9.36 Å². The Bertz CT molecular complexity index is 1160. The number of rotatable bonds is 49. The van der Waals surface area contributed by atoms with Gasteiger partial charge in [0, 0.05) is 12.8 Å². The highest BCUT2D eigenvalue weighted by Crippen LogP contribution is 2.43. The van der Waals surface area contributed by atoms with Crippen molar-refractivity contribution in [1.82, 2.24) is 5.32 Å². The van der Waals surface area contributed by atoms with Crippen LogP contribution in [-0.4, -0.2) is 64.9 Å². The third-order valence-electron chi connectivity index (χ3n) is 11.5. The Morgan fingerprint density at radius 1 is 0.492 bits per heavy atom. The largest absolute Gasteiger partial charge is 0.480 e. The van der Waals surface area contributed by atoms with Gasteiger partial charge in [0.2, 0.25) is 5.91 Å². The quantitative estimate of drug-likeness (QED) is 0.0199. The Hall–Kier alpha value is -2.04. The Balaban J connectivity index is 3.81. The number of hydrogen-bond acceptors (Lipinski definition) is 8. The van der Waals surface area contributed by atoms with Gasteiger partial charge in [-0.1, -0.05) is 199 Å². The van der Waals surface area contributed by atoms with Crippen molar-refractivity contribution in [1.29, 1.82) is 0 Å². The van der Waals surface area contributed by atoms with Gasteiger partial charge in [-0.15, -0.1) is 0 Å². The lowest BCUT2D eigenvalue weighted by molar-refractivity contribution is -0.147. The van der Waals surface area contributed by atoms with E-state index in [0.717, 1.165) is 57.8 Å². The van der Waals surface area contributed by atoms with Crippen LogP contribution < -0.4 is 5.32 Å². The number of ether oxygens (including phenoxy) is 1. The standard InChI is InChI=1S/C51H96NO10P/c1-3-5-7-9-11-13-15-17-19-21-22-23-24-25-26-27-28-30-32-34-36-38-40-42-49(54)52-48(51(56)57)46-62-63(58,59)61-45-47(53)44-60-50(55)43-41-39-37-35-33-31-29-20-18-16-14-12-10-8-6-4-2/h17,19-20,29,47-48,53H,3-16,18,21-28,30-46H2,1-2H3,(H,52,54)(H,56,57)(H,58,59)/b19-17+,29-20-. The molecule has 0 aliphatic rings. The second-order valence-electron chi connectivity index (χ2n) is 17.7. The SMILES string of the molecule is CCCCCCCC/C=C/CCCCCCCCCCCCCCCC(=O)NC(COP(=O)(O)OCC(O)COC(=O)CCCCCCC/C=C\CCCCCCCCC)C(=O)O. The topological polar surface area (TPSA) is 169 Å². The van der Waals surface area contributed by atoms with Crippen LogP contribution in [0.15, 0.2) is 24.3 Å². The van der Waals surface area contributed by atoms with E-state index in [-0.39, 0.29) is 12.8 Å². The number of hydrogen-bond donors (Lipinski definition) is 4. The average molecular weight is 914 g/mol. The van der Waals surface area contributed by atoms with E-state index in [0.29, 0.717) is 12.8 Å². The highest BCUT2D eigenvalue weighted by Gasteiger charge is 2.28. The summed E-state index contributed by atoms with van der Waals surface area (Å²) < 4.78 is 26.9. The van der Waals surface area contributed by atoms with E-state index in [1.54, 1.807) is 0 Å². The van der Waals surface area contributed by atoms with Gasteiger partial charge in [0.1, 0.15) is 12.7 Å². The molecule has 12 heteroatoms. The summed E-state index contributed by atoms with van der Waals surface area (Å²) in [5, 5.41) is 21.9. The maximum absolute atomic E-state index is 12.4. The van der Waals surface area contributed by atoms with Crippen LogP contribution in [-0.2, 0) is 32.7 Å². The molecule has 0 aromatic carbocycles. The van der Waals surface area contributed by atoms with Gasteiger partial charge in [0.25, 0.3) is 0 Å². The molecule has 370 valence electrons. The fraction of sp³-hybridized carbons (Fsp3) is 0.863. The van der Waals surface area contributed by atoms with Crippen LogP contribution in [0.3, 0.4) is 0 Å². The monoisotopic (exact) mass is 914 g/mol. The number of aliphatic hydroxyl groups is 1. The summed E-state index contributed by atoms with van der Waals surface area (Å²) in [6, 6.07) is -1.55. The molecule has 0 rings (SSSR count). The number of carboxylic acids is 1. The van der Waals surface area contributed by atoms with E-state index < -0.39 is 57.6 Å². The Labute approximate surface area is 385 Å². The van der Waals surface area contributed by atoms with Gasteiger partial charge in [0.05, 0.1) is 13.2 Å². The Morgan fingerprint density at radius 3 is 1.21 bits per heavy atom. The summed E-state index contributed by atoms with van der Waals surface area (Å²) in [6.45, 7) is 2.62. The van der Waals surface area contributed by atoms with E-state index in [1.165, 1.54) is 154 Å². The van der Waals surface area contributed by atoms with Crippen LogP contribution in [0, 0.1) is 0 Å². The maximum Gasteiger partial charge on any atom is 0.472 e. The number of carbonyl (C=O) groups excluding carboxylic acids is 2. The number of unbranched alkanes of at least 4 members (excludes halogenated alkanes) is 31. The second-order valence-corrected chi connectivity index (χ2v) is 19.2. The van der Waals surface area contributed by atoms with E-state index in [9.17, 15) is 34.1 Å². The number of phosphoric acid groups is 1. The minimum atomic E-state index is -4.76. The van der Waals surface area contributed by atoms with Crippen LogP contribution in [0.4, 0.5) is 0 Å². The summed E-state index contributed by atoms with van der Waals surface area (Å²) in [5.74, 6) is -2.37. The fourth-order valence-electron chi connectivity index (χ4n) is 7.42. The molecule has 0 aliphatic carbocycles. The van der Waals surface area contributed by atoms with Gasteiger partial charge >= 0.3 is 19.8 Å². The van der Waals surface area contributed by atoms with Crippen molar-refractivity contribution in [3.05, 3.63) is 24.3 Å². The molecule has 0 aromatic heterocycles. The lowest BCUT2D eigenvalue weighted by Gasteiger charge is -2.18. The summed E-state index contributed by atoms with van der Waals surface area (Å²) in [7, 11) is -4.76. The molecule has 4 N–H and O–H groups in total.